The van der Waals surface area contributed by atoms with Gasteiger partial charge in [0.25, 0.3) is 0 Å². The second-order valence-electron chi connectivity index (χ2n) is 7.95. The van der Waals surface area contributed by atoms with Crippen LogP contribution in [0.15, 0.2) is 71.2 Å². The molecule has 9 heteroatoms. The molecule has 34 heavy (non-hydrogen) atoms. The molecule has 3 aromatic rings. The van der Waals surface area contributed by atoms with Crippen molar-refractivity contribution in [3.63, 3.8) is 0 Å². The third kappa shape index (κ3) is 4.96. The monoisotopic (exact) mass is 535 g/mol. The molecule has 0 aromatic heterocycles. The molecule has 2 atom stereocenters. The fourth-order valence-electron chi connectivity index (χ4n) is 4.10. The Kier molecular flexibility index (Phi) is 6.97. The molecular formula is C25H21BrF3NO4. The molecule has 0 aliphatic heterocycles. The Bertz CT molecular complexity index is 1160. The molecule has 178 valence electrons. The number of hydrogen-bond acceptors (Lipinski definition) is 4. The Morgan fingerprint density at radius 1 is 1.00 bits per heavy atom. The smallest absolute Gasteiger partial charge is 0.416 e. The van der Waals surface area contributed by atoms with Crippen LogP contribution in [0.2, 0.25) is 0 Å². The summed E-state index contributed by atoms with van der Waals surface area (Å²) in [5, 5.41) is 23.0. The van der Waals surface area contributed by atoms with Crippen LogP contribution in [0.3, 0.4) is 0 Å². The molecule has 0 heterocycles. The van der Waals surface area contributed by atoms with Crippen LogP contribution in [0.25, 0.3) is 11.1 Å². The lowest BCUT2D eigenvalue weighted by atomic mass is 9.98. The van der Waals surface area contributed by atoms with E-state index < -0.39 is 30.0 Å². The SMILES string of the molecule is O=C(NCC(O)C(O)c1ccc(C(F)(F)F)cc1Br)OCC1c2ccccc2-c2ccccc21. The number of carbonyl (C=O) groups excluding carboxylic acids is 1. The number of ether oxygens (including phenoxy) is 1. The molecule has 1 amide bonds. The lowest BCUT2D eigenvalue weighted by Crippen LogP contribution is -2.36. The second-order valence-corrected chi connectivity index (χ2v) is 8.81. The summed E-state index contributed by atoms with van der Waals surface area (Å²) >= 11 is 2.99. The summed E-state index contributed by atoms with van der Waals surface area (Å²) in [5.41, 5.74) is 3.47. The molecule has 4 rings (SSSR count). The van der Waals surface area contributed by atoms with E-state index in [1.54, 1.807) is 0 Å². The number of rotatable bonds is 6. The molecule has 3 aromatic carbocycles. The van der Waals surface area contributed by atoms with Crippen molar-refractivity contribution >= 4 is 22.0 Å². The number of benzene rings is 3. The van der Waals surface area contributed by atoms with Crippen LogP contribution in [0.4, 0.5) is 18.0 Å². The summed E-state index contributed by atoms with van der Waals surface area (Å²) in [4.78, 5) is 12.2. The van der Waals surface area contributed by atoms with E-state index in [0.717, 1.165) is 40.5 Å². The van der Waals surface area contributed by atoms with Gasteiger partial charge in [0.05, 0.1) is 5.56 Å². The summed E-state index contributed by atoms with van der Waals surface area (Å²) in [6.45, 7) is -0.270. The van der Waals surface area contributed by atoms with E-state index >= 15 is 0 Å². The molecule has 1 aliphatic carbocycles. The van der Waals surface area contributed by atoms with Crippen LogP contribution in [0.5, 0.6) is 0 Å². The molecule has 2 unspecified atom stereocenters. The van der Waals surface area contributed by atoms with E-state index in [9.17, 15) is 28.2 Å². The van der Waals surface area contributed by atoms with Gasteiger partial charge in [-0.15, -0.1) is 0 Å². The predicted octanol–water partition coefficient (Wildman–Crippen LogP) is 5.40. The molecule has 0 saturated heterocycles. The highest BCUT2D eigenvalue weighted by molar-refractivity contribution is 9.10. The van der Waals surface area contributed by atoms with Crippen molar-refractivity contribution in [1.82, 2.24) is 5.32 Å². The largest absolute Gasteiger partial charge is 0.449 e. The number of alkyl carbamates (subject to hydrolysis) is 1. The lowest BCUT2D eigenvalue weighted by molar-refractivity contribution is -0.137. The Hall–Kier alpha value is -2.88. The molecule has 0 spiro atoms. The molecule has 3 N–H and O–H groups in total. The van der Waals surface area contributed by atoms with Crippen LogP contribution in [-0.4, -0.2) is 35.6 Å². The number of amides is 1. The molecule has 0 saturated carbocycles. The third-order valence-electron chi connectivity index (χ3n) is 5.81. The number of nitrogens with one attached hydrogen (secondary N) is 1. The van der Waals surface area contributed by atoms with E-state index in [-0.39, 0.29) is 29.1 Å². The quantitative estimate of drug-likeness (QED) is 0.394. The van der Waals surface area contributed by atoms with Gasteiger partial charge in [0.2, 0.25) is 0 Å². The normalized spacial score (nSPS) is 14.8. The molecule has 0 bridgehead atoms. The number of aliphatic hydroxyl groups excluding tert-OH is 2. The first-order chi connectivity index (χ1) is 16.2. The van der Waals surface area contributed by atoms with Crippen molar-refractivity contribution < 1.29 is 32.9 Å². The highest BCUT2D eigenvalue weighted by atomic mass is 79.9. The van der Waals surface area contributed by atoms with Gasteiger partial charge in [-0.2, -0.15) is 13.2 Å². The number of fused-ring (bicyclic) bond motifs is 3. The van der Waals surface area contributed by atoms with Crippen LogP contribution >= 0.6 is 15.9 Å². The van der Waals surface area contributed by atoms with Gasteiger partial charge in [-0.3, -0.25) is 0 Å². The summed E-state index contributed by atoms with van der Waals surface area (Å²) in [5.74, 6) is -0.128. The maximum absolute atomic E-state index is 12.8. The van der Waals surface area contributed by atoms with Gasteiger partial charge >= 0.3 is 12.3 Å². The second kappa shape index (κ2) is 9.77. The van der Waals surface area contributed by atoms with E-state index in [1.165, 1.54) is 0 Å². The van der Waals surface area contributed by atoms with Crippen molar-refractivity contribution in [2.45, 2.75) is 24.3 Å². The van der Waals surface area contributed by atoms with Crippen molar-refractivity contribution in [1.29, 1.82) is 0 Å². The zero-order chi connectivity index (χ0) is 24.5. The van der Waals surface area contributed by atoms with Gasteiger partial charge in [0.15, 0.2) is 0 Å². The molecule has 0 fully saturated rings. The highest BCUT2D eigenvalue weighted by Gasteiger charge is 2.32. The first-order valence-electron chi connectivity index (χ1n) is 10.5. The predicted molar refractivity (Wildman–Crippen MR) is 123 cm³/mol. The standard InChI is InChI=1S/C25H21BrF3NO4/c26-21-11-14(25(27,28)29)9-10-19(21)23(32)22(31)12-30-24(33)34-13-20-17-7-3-1-5-15(17)16-6-2-4-8-18(16)20/h1-11,20,22-23,31-32H,12-13H2,(H,30,33). The Morgan fingerprint density at radius 3 is 2.15 bits per heavy atom. The summed E-state index contributed by atoms with van der Waals surface area (Å²) in [6.07, 6.45) is -8.30. The number of carbonyl (C=O) groups is 1. The molecule has 1 aliphatic rings. The van der Waals surface area contributed by atoms with E-state index in [2.05, 4.69) is 21.2 Å². The van der Waals surface area contributed by atoms with Crippen molar-refractivity contribution in [3.05, 3.63) is 93.5 Å². The first-order valence-corrected chi connectivity index (χ1v) is 11.3. The fraction of sp³-hybridized carbons (Fsp3) is 0.240. The van der Waals surface area contributed by atoms with Crippen molar-refractivity contribution in [2.75, 3.05) is 13.2 Å². The zero-order valence-corrected chi connectivity index (χ0v) is 19.3. The van der Waals surface area contributed by atoms with Gasteiger partial charge in [-0.05, 0) is 39.9 Å². The summed E-state index contributed by atoms with van der Waals surface area (Å²) in [6, 6.07) is 18.5. The molecular weight excluding hydrogens is 515 g/mol. The highest BCUT2D eigenvalue weighted by Crippen LogP contribution is 2.44. The number of aliphatic hydroxyl groups is 2. The average molecular weight is 536 g/mol. The van der Waals surface area contributed by atoms with E-state index in [1.807, 2.05) is 48.5 Å². The minimum atomic E-state index is -4.53. The number of alkyl halides is 3. The maximum atomic E-state index is 12.8. The van der Waals surface area contributed by atoms with E-state index in [4.69, 9.17) is 4.74 Å². The lowest BCUT2D eigenvalue weighted by Gasteiger charge is -2.21. The minimum absolute atomic E-state index is 0.00462. The number of hydrogen-bond donors (Lipinski definition) is 3. The van der Waals surface area contributed by atoms with E-state index in [0.29, 0.717) is 0 Å². The van der Waals surface area contributed by atoms with Crippen LogP contribution in [-0.2, 0) is 10.9 Å². The summed E-state index contributed by atoms with van der Waals surface area (Å²) in [7, 11) is 0. The fourth-order valence-corrected chi connectivity index (χ4v) is 4.71. The molecule has 0 radical (unpaired) electrons. The van der Waals surface area contributed by atoms with Gasteiger partial charge in [0.1, 0.15) is 18.8 Å². The Balaban J connectivity index is 1.34. The van der Waals surface area contributed by atoms with Crippen LogP contribution < -0.4 is 5.32 Å². The van der Waals surface area contributed by atoms with Crippen LogP contribution in [0.1, 0.15) is 34.3 Å². The number of halogens is 4. The Labute approximate surface area is 202 Å². The molecule has 5 nitrogen and oxygen atoms in total. The minimum Gasteiger partial charge on any atom is -0.449 e. The van der Waals surface area contributed by atoms with Crippen molar-refractivity contribution in [3.8, 4) is 11.1 Å². The van der Waals surface area contributed by atoms with Crippen LogP contribution in [0, 0.1) is 0 Å². The van der Waals surface area contributed by atoms with Gasteiger partial charge < -0.3 is 20.3 Å². The van der Waals surface area contributed by atoms with Gasteiger partial charge in [-0.1, -0.05) is 70.5 Å². The topological polar surface area (TPSA) is 78.8 Å². The zero-order valence-electron chi connectivity index (χ0n) is 17.7. The van der Waals surface area contributed by atoms with Gasteiger partial charge in [0, 0.05) is 16.9 Å². The maximum Gasteiger partial charge on any atom is 0.416 e. The van der Waals surface area contributed by atoms with Crippen molar-refractivity contribution in [2.24, 2.45) is 0 Å². The summed E-state index contributed by atoms with van der Waals surface area (Å²) < 4.78 is 43.8. The third-order valence-corrected chi connectivity index (χ3v) is 6.50. The van der Waals surface area contributed by atoms with Gasteiger partial charge in [-0.25, -0.2) is 4.79 Å². The average Bonchev–Trinajstić information content (AvgIpc) is 3.14. The first kappa shape index (κ1) is 24.3. The Morgan fingerprint density at radius 2 is 1.59 bits per heavy atom.